The Morgan fingerprint density at radius 3 is 2.92 bits per heavy atom. The van der Waals surface area contributed by atoms with Gasteiger partial charge in [0.1, 0.15) is 5.15 Å². The van der Waals surface area contributed by atoms with Gasteiger partial charge in [-0.15, -0.1) is 11.8 Å². The van der Waals surface area contributed by atoms with Gasteiger partial charge < -0.3 is 0 Å². The molecule has 0 aromatic carbocycles. The fraction of sp³-hybridized carbons (Fsp3) is 0.444. The lowest BCUT2D eigenvalue weighted by Crippen LogP contribution is -1.89. The van der Waals surface area contributed by atoms with Gasteiger partial charge in [-0.3, -0.25) is 0 Å². The lowest BCUT2D eigenvalue weighted by atomic mass is 10.3. The van der Waals surface area contributed by atoms with Crippen LogP contribution in [0.3, 0.4) is 0 Å². The molecule has 0 spiro atoms. The Morgan fingerprint density at radius 2 is 2.33 bits per heavy atom. The zero-order chi connectivity index (χ0) is 8.97. The van der Waals surface area contributed by atoms with Crippen LogP contribution in [0.5, 0.6) is 0 Å². The number of halogens is 1. The summed E-state index contributed by atoms with van der Waals surface area (Å²) in [6.45, 7) is 4.41. The molecule has 1 nitrogen and oxygen atoms in total. The molecule has 0 saturated carbocycles. The molecule has 0 atom stereocenters. The smallest absolute Gasteiger partial charge is 0.130 e. The first-order chi connectivity index (χ1) is 5.68. The van der Waals surface area contributed by atoms with Gasteiger partial charge in [-0.25, -0.2) is 4.98 Å². The summed E-state index contributed by atoms with van der Waals surface area (Å²) < 4.78 is 0. The van der Waals surface area contributed by atoms with E-state index >= 15 is 0 Å². The molecule has 0 saturated heterocycles. The van der Waals surface area contributed by atoms with Crippen molar-refractivity contribution in [3.63, 3.8) is 0 Å². The largest absolute Gasteiger partial charge is 0.244 e. The fourth-order valence-corrected chi connectivity index (χ4v) is 1.85. The third kappa shape index (κ3) is 3.46. The van der Waals surface area contributed by atoms with Crippen molar-refractivity contribution in [1.82, 2.24) is 4.98 Å². The van der Waals surface area contributed by atoms with Crippen molar-refractivity contribution in [3.05, 3.63) is 23.5 Å². The molecular weight excluding hydrogens is 190 g/mol. The molecule has 1 aromatic heterocycles. The maximum atomic E-state index is 5.74. The number of hydrogen-bond donors (Lipinski definition) is 0. The number of aromatic nitrogens is 1. The van der Waals surface area contributed by atoms with Crippen LogP contribution in [0.4, 0.5) is 0 Å². The monoisotopic (exact) mass is 201 g/mol. The molecule has 0 N–H and O–H groups in total. The maximum absolute atomic E-state index is 5.74. The molecule has 0 radical (unpaired) electrons. The second-order valence-electron chi connectivity index (χ2n) is 3.02. The Bertz CT molecular complexity index is 250. The summed E-state index contributed by atoms with van der Waals surface area (Å²) in [5, 5.41) is 0.573. The van der Waals surface area contributed by atoms with Gasteiger partial charge in [0.25, 0.3) is 0 Å². The highest BCUT2D eigenvalue weighted by Gasteiger charge is 1.97. The minimum absolute atomic E-state index is 0.573. The van der Waals surface area contributed by atoms with Crippen molar-refractivity contribution in [3.8, 4) is 0 Å². The second kappa shape index (κ2) is 4.73. The molecule has 0 bridgehead atoms. The standard InChI is InChI=1S/C9H12ClNS/c1-7(2)6-12-8-3-4-11-9(10)5-8/h3-5,7H,6H2,1-2H3. The van der Waals surface area contributed by atoms with Crippen LogP contribution in [0.15, 0.2) is 23.2 Å². The van der Waals surface area contributed by atoms with Gasteiger partial charge in [0.2, 0.25) is 0 Å². The summed E-state index contributed by atoms with van der Waals surface area (Å²) in [7, 11) is 0. The number of hydrogen-bond acceptors (Lipinski definition) is 2. The van der Waals surface area contributed by atoms with Crippen molar-refractivity contribution in [2.24, 2.45) is 5.92 Å². The Balaban J connectivity index is 2.52. The molecular formula is C9H12ClNS. The summed E-state index contributed by atoms with van der Waals surface area (Å²) in [5.74, 6) is 1.84. The third-order valence-corrected chi connectivity index (χ3v) is 2.91. The van der Waals surface area contributed by atoms with Gasteiger partial charge in [-0.2, -0.15) is 0 Å². The van der Waals surface area contributed by atoms with Gasteiger partial charge in [-0.1, -0.05) is 25.4 Å². The van der Waals surface area contributed by atoms with Crippen LogP contribution < -0.4 is 0 Å². The summed E-state index contributed by atoms with van der Waals surface area (Å²) in [6.07, 6.45) is 1.74. The van der Waals surface area contributed by atoms with E-state index in [9.17, 15) is 0 Å². The third-order valence-electron chi connectivity index (χ3n) is 1.28. The molecule has 0 aliphatic heterocycles. The Kier molecular flexibility index (Phi) is 3.89. The molecule has 1 aromatic rings. The highest BCUT2D eigenvalue weighted by molar-refractivity contribution is 7.99. The highest BCUT2D eigenvalue weighted by atomic mass is 35.5. The van der Waals surface area contributed by atoms with E-state index in [0.29, 0.717) is 11.1 Å². The minimum Gasteiger partial charge on any atom is -0.244 e. The zero-order valence-electron chi connectivity index (χ0n) is 7.25. The summed E-state index contributed by atoms with van der Waals surface area (Å²) in [6, 6.07) is 3.88. The second-order valence-corrected chi connectivity index (χ2v) is 4.50. The predicted molar refractivity (Wildman–Crippen MR) is 54.8 cm³/mol. The van der Waals surface area contributed by atoms with Crippen LogP contribution in [0.25, 0.3) is 0 Å². The molecule has 0 aliphatic carbocycles. The molecule has 1 rings (SSSR count). The molecule has 0 fully saturated rings. The lowest BCUT2D eigenvalue weighted by Gasteiger charge is -2.03. The van der Waals surface area contributed by atoms with E-state index in [-0.39, 0.29) is 0 Å². The average molecular weight is 202 g/mol. The van der Waals surface area contributed by atoms with Crippen LogP contribution in [0.2, 0.25) is 5.15 Å². The first kappa shape index (κ1) is 9.87. The van der Waals surface area contributed by atoms with Crippen LogP contribution in [0, 0.1) is 5.92 Å². The highest BCUT2D eigenvalue weighted by Crippen LogP contribution is 2.21. The number of thioether (sulfide) groups is 1. The van der Waals surface area contributed by atoms with E-state index in [1.165, 1.54) is 4.90 Å². The van der Waals surface area contributed by atoms with Gasteiger partial charge in [0.05, 0.1) is 0 Å². The summed E-state index contributed by atoms with van der Waals surface area (Å²) >= 11 is 7.55. The summed E-state index contributed by atoms with van der Waals surface area (Å²) in [5.41, 5.74) is 0. The number of nitrogens with zero attached hydrogens (tertiary/aromatic N) is 1. The minimum atomic E-state index is 0.573. The Morgan fingerprint density at radius 1 is 1.58 bits per heavy atom. The normalized spacial score (nSPS) is 10.7. The van der Waals surface area contributed by atoms with Crippen molar-refractivity contribution in [2.45, 2.75) is 18.7 Å². The molecule has 3 heteroatoms. The molecule has 66 valence electrons. The molecule has 12 heavy (non-hydrogen) atoms. The van der Waals surface area contributed by atoms with E-state index in [1.54, 1.807) is 6.20 Å². The SMILES string of the molecule is CC(C)CSc1ccnc(Cl)c1. The van der Waals surface area contributed by atoms with Crippen molar-refractivity contribution >= 4 is 23.4 Å². The van der Waals surface area contributed by atoms with Crippen molar-refractivity contribution in [1.29, 1.82) is 0 Å². The van der Waals surface area contributed by atoms with E-state index in [1.807, 2.05) is 23.9 Å². The molecule has 0 unspecified atom stereocenters. The van der Waals surface area contributed by atoms with Crippen LogP contribution in [-0.4, -0.2) is 10.7 Å². The van der Waals surface area contributed by atoms with Gasteiger partial charge in [0, 0.05) is 16.8 Å². The van der Waals surface area contributed by atoms with E-state index in [4.69, 9.17) is 11.6 Å². The molecule has 0 amide bonds. The van der Waals surface area contributed by atoms with Crippen LogP contribution in [0.1, 0.15) is 13.8 Å². The van der Waals surface area contributed by atoms with E-state index < -0.39 is 0 Å². The maximum Gasteiger partial charge on any atom is 0.130 e. The van der Waals surface area contributed by atoms with E-state index in [0.717, 1.165) is 5.75 Å². The quantitative estimate of drug-likeness (QED) is 0.549. The first-order valence-electron chi connectivity index (χ1n) is 3.93. The van der Waals surface area contributed by atoms with Gasteiger partial charge in [0.15, 0.2) is 0 Å². The molecule has 1 heterocycles. The topological polar surface area (TPSA) is 12.9 Å². The average Bonchev–Trinajstić information content (AvgIpc) is 2.01. The summed E-state index contributed by atoms with van der Waals surface area (Å²) in [4.78, 5) is 5.12. The Labute approximate surface area is 82.5 Å². The molecule has 0 aliphatic rings. The lowest BCUT2D eigenvalue weighted by molar-refractivity contribution is 0.750. The van der Waals surface area contributed by atoms with Crippen LogP contribution >= 0.6 is 23.4 Å². The zero-order valence-corrected chi connectivity index (χ0v) is 8.82. The predicted octanol–water partition coefficient (Wildman–Crippen LogP) is 3.48. The first-order valence-corrected chi connectivity index (χ1v) is 5.29. The van der Waals surface area contributed by atoms with Gasteiger partial charge >= 0.3 is 0 Å². The van der Waals surface area contributed by atoms with Crippen molar-refractivity contribution < 1.29 is 0 Å². The van der Waals surface area contributed by atoms with Crippen molar-refractivity contribution in [2.75, 3.05) is 5.75 Å². The fourth-order valence-electron chi connectivity index (χ4n) is 0.737. The number of pyridine rings is 1. The van der Waals surface area contributed by atoms with Gasteiger partial charge in [-0.05, 0) is 18.1 Å². The van der Waals surface area contributed by atoms with E-state index in [2.05, 4.69) is 18.8 Å². The Hall–Kier alpha value is -0.210. The van der Waals surface area contributed by atoms with Crippen LogP contribution in [-0.2, 0) is 0 Å². The number of rotatable bonds is 3.